The van der Waals surface area contributed by atoms with Gasteiger partial charge in [0, 0.05) is 29.3 Å². The summed E-state index contributed by atoms with van der Waals surface area (Å²) < 4.78 is 7.80. The first kappa shape index (κ1) is 13.6. The van der Waals surface area contributed by atoms with Crippen LogP contribution in [0.3, 0.4) is 0 Å². The predicted octanol–water partition coefficient (Wildman–Crippen LogP) is 3.86. The molecule has 21 heavy (non-hydrogen) atoms. The third kappa shape index (κ3) is 2.87. The average Bonchev–Trinajstić information content (AvgIpc) is 2.89. The lowest BCUT2D eigenvalue weighted by Crippen LogP contribution is -2.02. The second kappa shape index (κ2) is 5.92. The van der Waals surface area contributed by atoms with Gasteiger partial charge in [-0.15, -0.1) is 0 Å². The number of fused-ring (bicyclic) bond motifs is 1. The van der Waals surface area contributed by atoms with Crippen molar-refractivity contribution >= 4 is 16.6 Å². The molecule has 3 rings (SSSR count). The molecule has 0 fully saturated rings. The molecule has 108 valence electrons. The van der Waals surface area contributed by atoms with Crippen molar-refractivity contribution < 1.29 is 4.74 Å². The third-order valence-electron chi connectivity index (χ3n) is 3.73. The van der Waals surface area contributed by atoms with Gasteiger partial charge in [-0.3, -0.25) is 0 Å². The van der Waals surface area contributed by atoms with Gasteiger partial charge in [0.1, 0.15) is 5.75 Å². The van der Waals surface area contributed by atoms with Gasteiger partial charge in [0.15, 0.2) is 0 Å². The highest BCUT2D eigenvalue weighted by atomic mass is 16.5. The summed E-state index contributed by atoms with van der Waals surface area (Å²) in [5, 5.41) is 1.21. The summed E-state index contributed by atoms with van der Waals surface area (Å²) >= 11 is 0. The molecule has 3 aromatic rings. The number of hydrogen-bond donors (Lipinski definition) is 1. The van der Waals surface area contributed by atoms with Crippen molar-refractivity contribution in [2.75, 3.05) is 12.3 Å². The average molecular weight is 280 g/mol. The van der Waals surface area contributed by atoms with E-state index in [0.717, 1.165) is 24.4 Å². The quantitative estimate of drug-likeness (QED) is 0.721. The summed E-state index contributed by atoms with van der Waals surface area (Å²) in [4.78, 5) is 0. The van der Waals surface area contributed by atoms with E-state index in [9.17, 15) is 0 Å². The number of nitrogens with zero attached hydrogens (tertiary/aromatic N) is 1. The molecule has 2 N–H and O–H groups in total. The Labute approximate surface area is 125 Å². The minimum Gasteiger partial charge on any atom is -0.494 e. The van der Waals surface area contributed by atoms with E-state index in [-0.39, 0.29) is 0 Å². The lowest BCUT2D eigenvalue weighted by Gasteiger charge is -2.08. The molecule has 3 nitrogen and oxygen atoms in total. The van der Waals surface area contributed by atoms with Crippen molar-refractivity contribution in [1.29, 1.82) is 0 Å². The van der Waals surface area contributed by atoms with Crippen LogP contribution in [0.25, 0.3) is 10.9 Å². The number of benzene rings is 2. The van der Waals surface area contributed by atoms with Gasteiger partial charge in [-0.2, -0.15) is 0 Å². The lowest BCUT2D eigenvalue weighted by atomic mass is 10.1. The summed E-state index contributed by atoms with van der Waals surface area (Å²) in [7, 11) is 0. The summed E-state index contributed by atoms with van der Waals surface area (Å²) in [6, 6.07) is 16.4. The van der Waals surface area contributed by atoms with E-state index < -0.39 is 0 Å². The second-order valence-electron chi connectivity index (χ2n) is 5.11. The molecule has 0 unspecified atom stereocenters. The Bertz CT molecular complexity index is 746. The van der Waals surface area contributed by atoms with Gasteiger partial charge in [-0.1, -0.05) is 18.2 Å². The molecule has 0 spiro atoms. The summed E-state index contributed by atoms with van der Waals surface area (Å²) in [6.07, 6.45) is 3.06. The maximum absolute atomic E-state index is 6.00. The van der Waals surface area contributed by atoms with Crippen LogP contribution in [0, 0.1) is 0 Å². The van der Waals surface area contributed by atoms with Crippen LogP contribution >= 0.6 is 0 Å². The van der Waals surface area contributed by atoms with E-state index in [4.69, 9.17) is 10.5 Å². The van der Waals surface area contributed by atoms with Crippen LogP contribution in [0.2, 0.25) is 0 Å². The number of anilines is 1. The largest absolute Gasteiger partial charge is 0.494 e. The van der Waals surface area contributed by atoms with Crippen LogP contribution in [0.4, 0.5) is 5.69 Å². The van der Waals surface area contributed by atoms with Crippen molar-refractivity contribution in [3.8, 4) is 5.75 Å². The normalized spacial score (nSPS) is 10.9. The first-order valence-corrected chi connectivity index (χ1v) is 7.33. The number of hydrogen-bond acceptors (Lipinski definition) is 2. The second-order valence-corrected chi connectivity index (χ2v) is 5.11. The van der Waals surface area contributed by atoms with Gasteiger partial charge >= 0.3 is 0 Å². The van der Waals surface area contributed by atoms with Crippen molar-refractivity contribution in [1.82, 2.24) is 4.57 Å². The Morgan fingerprint density at radius 3 is 2.76 bits per heavy atom. The summed E-state index contributed by atoms with van der Waals surface area (Å²) in [5.41, 5.74) is 9.30. The maximum atomic E-state index is 6.00. The fourth-order valence-corrected chi connectivity index (χ4v) is 2.63. The maximum Gasteiger partial charge on any atom is 0.120 e. The predicted molar refractivity (Wildman–Crippen MR) is 87.7 cm³/mol. The summed E-state index contributed by atoms with van der Waals surface area (Å²) in [6.45, 7) is 3.62. The van der Waals surface area contributed by atoms with E-state index in [1.54, 1.807) is 0 Å². The van der Waals surface area contributed by atoms with Gasteiger partial charge in [-0.05, 0) is 49.2 Å². The fraction of sp³-hybridized carbons (Fsp3) is 0.222. The highest BCUT2D eigenvalue weighted by molar-refractivity contribution is 5.81. The molecular weight excluding hydrogens is 260 g/mol. The number of nitrogens with two attached hydrogens (primary N) is 1. The zero-order valence-corrected chi connectivity index (χ0v) is 12.3. The number of aryl methyl sites for hydroxylation is 2. The smallest absolute Gasteiger partial charge is 0.120 e. The Kier molecular flexibility index (Phi) is 3.82. The lowest BCUT2D eigenvalue weighted by molar-refractivity contribution is 0.340. The van der Waals surface area contributed by atoms with Gasteiger partial charge in [0.25, 0.3) is 0 Å². The monoisotopic (exact) mass is 280 g/mol. The van der Waals surface area contributed by atoms with E-state index in [1.165, 1.54) is 16.5 Å². The molecule has 0 amide bonds. The number of aromatic nitrogens is 1. The van der Waals surface area contributed by atoms with E-state index >= 15 is 0 Å². The fourth-order valence-electron chi connectivity index (χ4n) is 2.63. The van der Waals surface area contributed by atoms with Gasteiger partial charge in [0.2, 0.25) is 0 Å². The molecule has 1 aromatic heterocycles. The highest BCUT2D eigenvalue weighted by Gasteiger charge is 2.04. The number of rotatable bonds is 5. The van der Waals surface area contributed by atoms with Crippen LogP contribution < -0.4 is 10.5 Å². The first-order chi connectivity index (χ1) is 10.3. The van der Waals surface area contributed by atoms with Crippen molar-refractivity contribution in [2.45, 2.75) is 19.9 Å². The number of nitrogen functional groups attached to an aromatic ring is 1. The van der Waals surface area contributed by atoms with E-state index in [2.05, 4.69) is 35.0 Å². The Balaban J connectivity index is 1.80. The molecule has 0 saturated carbocycles. The highest BCUT2D eigenvalue weighted by Crippen LogP contribution is 2.23. The first-order valence-electron chi connectivity index (χ1n) is 7.33. The number of para-hydroxylation sites is 1. The van der Waals surface area contributed by atoms with Gasteiger partial charge in [-0.25, -0.2) is 0 Å². The molecular formula is C18H20N2O. The standard InChI is InChI=1S/C18H20N2O/c1-2-21-16-7-8-18-15(13-16)10-12-20(18)11-9-14-5-3-4-6-17(14)19/h3-8,10,12-13H,2,9,11,19H2,1H3. The van der Waals surface area contributed by atoms with Crippen molar-refractivity contribution in [3.63, 3.8) is 0 Å². The minimum atomic E-state index is 0.694. The topological polar surface area (TPSA) is 40.2 Å². The third-order valence-corrected chi connectivity index (χ3v) is 3.73. The van der Waals surface area contributed by atoms with Crippen LogP contribution in [-0.4, -0.2) is 11.2 Å². The molecule has 2 aromatic carbocycles. The molecule has 0 aliphatic carbocycles. The van der Waals surface area contributed by atoms with Gasteiger partial charge in [0.05, 0.1) is 6.61 Å². The molecule has 0 atom stereocenters. The van der Waals surface area contributed by atoms with Crippen LogP contribution in [-0.2, 0) is 13.0 Å². The molecule has 0 bridgehead atoms. The molecule has 1 heterocycles. The van der Waals surface area contributed by atoms with E-state index in [1.807, 2.05) is 31.2 Å². The zero-order valence-electron chi connectivity index (χ0n) is 12.3. The van der Waals surface area contributed by atoms with Crippen molar-refractivity contribution in [2.24, 2.45) is 0 Å². The number of ether oxygens (including phenoxy) is 1. The molecule has 0 aliphatic rings. The zero-order chi connectivity index (χ0) is 14.7. The SMILES string of the molecule is CCOc1ccc2c(ccn2CCc2ccccc2N)c1. The van der Waals surface area contributed by atoms with Crippen LogP contribution in [0.5, 0.6) is 5.75 Å². The van der Waals surface area contributed by atoms with Crippen LogP contribution in [0.1, 0.15) is 12.5 Å². The Hall–Kier alpha value is -2.42. The van der Waals surface area contributed by atoms with Gasteiger partial charge < -0.3 is 15.0 Å². The Morgan fingerprint density at radius 2 is 1.95 bits per heavy atom. The minimum absolute atomic E-state index is 0.694. The Morgan fingerprint density at radius 1 is 1.10 bits per heavy atom. The molecule has 0 aliphatic heterocycles. The molecule has 3 heteroatoms. The van der Waals surface area contributed by atoms with Crippen molar-refractivity contribution in [3.05, 3.63) is 60.3 Å². The van der Waals surface area contributed by atoms with Crippen LogP contribution in [0.15, 0.2) is 54.7 Å². The molecule has 0 radical (unpaired) electrons. The summed E-state index contributed by atoms with van der Waals surface area (Å²) in [5.74, 6) is 0.926. The molecule has 0 saturated heterocycles. The van der Waals surface area contributed by atoms with E-state index in [0.29, 0.717) is 6.61 Å².